The summed E-state index contributed by atoms with van der Waals surface area (Å²) < 4.78 is 19.1. The molecule has 0 aliphatic carbocycles. The number of anilines is 2. The predicted molar refractivity (Wildman–Crippen MR) is 116 cm³/mol. The summed E-state index contributed by atoms with van der Waals surface area (Å²) in [4.78, 5) is 49.9. The van der Waals surface area contributed by atoms with Crippen LogP contribution >= 0.6 is 0 Å². The van der Waals surface area contributed by atoms with Gasteiger partial charge in [-0.05, 0) is 57.5 Å². The Morgan fingerprint density at radius 2 is 1.62 bits per heavy atom. The highest BCUT2D eigenvalue weighted by Crippen LogP contribution is 2.23. The van der Waals surface area contributed by atoms with Crippen LogP contribution in [0.25, 0.3) is 0 Å². The second kappa shape index (κ2) is 9.17. The van der Waals surface area contributed by atoms with Gasteiger partial charge in [0.25, 0.3) is 11.8 Å². The fourth-order valence-corrected chi connectivity index (χ4v) is 3.18. The van der Waals surface area contributed by atoms with Crippen molar-refractivity contribution in [3.63, 3.8) is 0 Å². The summed E-state index contributed by atoms with van der Waals surface area (Å²) in [7, 11) is 0. The van der Waals surface area contributed by atoms with Gasteiger partial charge in [0, 0.05) is 18.7 Å². The first-order valence-electron chi connectivity index (χ1n) is 10.1. The monoisotopic (exact) mass is 441 g/mol. The summed E-state index contributed by atoms with van der Waals surface area (Å²) in [5, 5.41) is 4.92. The molecule has 0 radical (unpaired) electrons. The molecule has 1 aliphatic heterocycles. The van der Waals surface area contributed by atoms with Crippen LogP contribution in [0.5, 0.6) is 0 Å². The average Bonchev–Trinajstić information content (AvgIpc) is 2.94. The third-order valence-electron chi connectivity index (χ3n) is 4.55. The highest BCUT2D eigenvalue weighted by atomic mass is 19.1. The van der Waals surface area contributed by atoms with Gasteiger partial charge in [0.2, 0.25) is 5.91 Å². The van der Waals surface area contributed by atoms with E-state index in [1.165, 1.54) is 12.1 Å². The molecule has 0 saturated carbocycles. The van der Waals surface area contributed by atoms with E-state index < -0.39 is 17.5 Å². The summed E-state index contributed by atoms with van der Waals surface area (Å²) in [5.74, 6) is -1.80. The van der Waals surface area contributed by atoms with Crippen LogP contribution in [-0.2, 0) is 9.53 Å². The zero-order valence-corrected chi connectivity index (χ0v) is 18.0. The van der Waals surface area contributed by atoms with Crippen molar-refractivity contribution < 1.29 is 28.3 Å². The molecular formula is C23H24FN3O5. The standard InChI is InChI=1S/C23H24FN3O5/c1-23(2,3)32-22(31)26-18-13-14(10-11-17(18)24)25-19(28)9-6-12-27-20(29)15-7-4-5-8-16(15)21(27)30/h4-5,7-8,10-11,13H,6,9,12H2,1-3H3,(H,25,28)(H,26,31). The van der Waals surface area contributed by atoms with Gasteiger partial charge in [-0.3, -0.25) is 24.6 Å². The summed E-state index contributed by atoms with van der Waals surface area (Å²) in [5.41, 5.74) is 0.120. The van der Waals surface area contributed by atoms with Crippen LogP contribution in [0.3, 0.4) is 0 Å². The van der Waals surface area contributed by atoms with E-state index in [1.54, 1.807) is 45.0 Å². The molecule has 9 heteroatoms. The van der Waals surface area contributed by atoms with Crippen molar-refractivity contribution in [2.24, 2.45) is 0 Å². The van der Waals surface area contributed by atoms with E-state index in [2.05, 4.69) is 10.6 Å². The Morgan fingerprint density at radius 3 is 2.22 bits per heavy atom. The van der Waals surface area contributed by atoms with E-state index in [0.717, 1.165) is 11.0 Å². The van der Waals surface area contributed by atoms with Gasteiger partial charge in [-0.15, -0.1) is 0 Å². The number of amides is 4. The van der Waals surface area contributed by atoms with E-state index in [1.807, 2.05) is 0 Å². The summed E-state index contributed by atoms with van der Waals surface area (Å²) >= 11 is 0. The molecule has 0 saturated heterocycles. The SMILES string of the molecule is CC(C)(C)OC(=O)Nc1cc(NC(=O)CCCN2C(=O)c3ccccc3C2=O)ccc1F. The Hall–Kier alpha value is -3.75. The molecule has 8 nitrogen and oxygen atoms in total. The first kappa shape index (κ1) is 22.9. The van der Waals surface area contributed by atoms with Crippen LogP contribution in [-0.4, -0.2) is 40.9 Å². The van der Waals surface area contributed by atoms with Crippen LogP contribution in [0.4, 0.5) is 20.6 Å². The molecule has 0 atom stereocenters. The van der Waals surface area contributed by atoms with Gasteiger partial charge in [0.1, 0.15) is 11.4 Å². The minimum Gasteiger partial charge on any atom is -0.444 e. The smallest absolute Gasteiger partial charge is 0.412 e. The maximum absolute atomic E-state index is 14.0. The maximum Gasteiger partial charge on any atom is 0.412 e. The minimum atomic E-state index is -0.819. The van der Waals surface area contributed by atoms with E-state index >= 15 is 0 Å². The first-order chi connectivity index (χ1) is 15.0. The number of carbonyl (C=O) groups excluding carboxylic acids is 4. The highest BCUT2D eigenvalue weighted by molar-refractivity contribution is 6.21. The first-order valence-corrected chi connectivity index (χ1v) is 10.1. The lowest BCUT2D eigenvalue weighted by molar-refractivity contribution is -0.116. The zero-order valence-electron chi connectivity index (χ0n) is 18.0. The maximum atomic E-state index is 14.0. The lowest BCUT2D eigenvalue weighted by Crippen LogP contribution is -2.31. The van der Waals surface area contributed by atoms with Crippen molar-refractivity contribution in [3.8, 4) is 0 Å². The van der Waals surface area contributed by atoms with Gasteiger partial charge in [-0.25, -0.2) is 9.18 Å². The van der Waals surface area contributed by atoms with Gasteiger partial charge in [0.05, 0.1) is 16.8 Å². The third-order valence-corrected chi connectivity index (χ3v) is 4.55. The van der Waals surface area contributed by atoms with Crippen molar-refractivity contribution in [2.75, 3.05) is 17.2 Å². The normalized spacial score (nSPS) is 13.1. The number of halogens is 1. The fourth-order valence-electron chi connectivity index (χ4n) is 3.18. The number of imide groups is 1. The lowest BCUT2D eigenvalue weighted by atomic mass is 10.1. The molecule has 168 valence electrons. The predicted octanol–water partition coefficient (Wildman–Crippen LogP) is 4.19. The summed E-state index contributed by atoms with van der Waals surface area (Å²) in [6.07, 6.45) is -0.512. The third kappa shape index (κ3) is 5.48. The molecule has 2 aromatic rings. The van der Waals surface area contributed by atoms with Crippen LogP contribution in [0.1, 0.15) is 54.3 Å². The summed E-state index contributed by atoms with van der Waals surface area (Å²) in [6, 6.07) is 10.3. The van der Waals surface area contributed by atoms with Crippen LogP contribution < -0.4 is 10.6 Å². The van der Waals surface area contributed by atoms with Gasteiger partial charge in [0.15, 0.2) is 0 Å². The van der Waals surface area contributed by atoms with Gasteiger partial charge < -0.3 is 10.1 Å². The topological polar surface area (TPSA) is 105 Å². The van der Waals surface area contributed by atoms with Gasteiger partial charge >= 0.3 is 6.09 Å². The van der Waals surface area contributed by atoms with Crippen LogP contribution in [0.15, 0.2) is 42.5 Å². The van der Waals surface area contributed by atoms with E-state index in [0.29, 0.717) is 11.1 Å². The Bertz CT molecular complexity index is 1040. The number of hydrogen-bond donors (Lipinski definition) is 2. The van der Waals surface area contributed by atoms with Gasteiger partial charge in [-0.1, -0.05) is 12.1 Å². The molecule has 0 unspecified atom stereocenters. The fraction of sp³-hybridized carbons (Fsp3) is 0.304. The molecule has 2 N–H and O–H groups in total. The number of nitrogens with zero attached hydrogens (tertiary/aromatic N) is 1. The lowest BCUT2D eigenvalue weighted by Gasteiger charge is -2.20. The summed E-state index contributed by atoms with van der Waals surface area (Å²) in [6.45, 7) is 5.15. The van der Waals surface area contributed by atoms with Crippen molar-refractivity contribution in [1.29, 1.82) is 0 Å². The van der Waals surface area contributed by atoms with E-state index in [-0.39, 0.29) is 48.5 Å². The van der Waals surface area contributed by atoms with Crippen molar-refractivity contribution in [2.45, 2.75) is 39.2 Å². The minimum absolute atomic E-state index is 0.0413. The quantitative estimate of drug-likeness (QED) is 0.654. The second-order valence-electron chi connectivity index (χ2n) is 8.28. The van der Waals surface area contributed by atoms with Crippen molar-refractivity contribution in [1.82, 2.24) is 4.90 Å². The Kier molecular flexibility index (Phi) is 6.57. The number of hydrogen-bond acceptors (Lipinski definition) is 5. The number of nitrogens with one attached hydrogen (secondary N) is 2. The molecule has 0 aromatic heterocycles. The molecule has 0 bridgehead atoms. The van der Waals surface area contributed by atoms with Gasteiger partial charge in [-0.2, -0.15) is 0 Å². The van der Waals surface area contributed by atoms with Crippen LogP contribution in [0.2, 0.25) is 0 Å². The Labute approximate surface area is 184 Å². The average molecular weight is 441 g/mol. The molecule has 4 amide bonds. The molecule has 0 fully saturated rings. The molecule has 1 heterocycles. The second-order valence-corrected chi connectivity index (χ2v) is 8.28. The molecule has 2 aromatic carbocycles. The van der Waals surface area contributed by atoms with Crippen molar-refractivity contribution in [3.05, 3.63) is 59.4 Å². The zero-order chi connectivity index (χ0) is 23.5. The molecule has 32 heavy (non-hydrogen) atoms. The van der Waals surface area contributed by atoms with E-state index in [4.69, 9.17) is 4.74 Å². The Balaban J connectivity index is 1.53. The van der Waals surface area contributed by atoms with Crippen LogP contribution in [0, 0.1) is 5.82 Å². The molecule has 3 rings (SSSR count). The number of benzene rings is 2. The van der Waals surface area contributed by atoms with Crippen molar-refractivity contribution >= 4 is 35.2 Å². The molecule has 0 spiro atoms. The number of rotatable bonds is 6. The number of ether oxygens (including phenoxy) is 1. The Morgan fingerprint density at radius 1 is 1.00 bits per heavy atom. The molecular weight excluding hydrogens is 417 g/mol. The highest BCUT2D eigenvalue weighted by Gasteiger charge is 2.34. The largest absolute Gasteiger partial charge is 0.444 e. The number of fused-ring (bicyclic) bond motifs is 1. The molecule has 1 aliphatic rings. The number of carbonyl (C=O) groups is 4. The van der Waals surface area contributed by atoms with E-state index in [9.17, 15) is 23.6 Å².